The van der Waals surface area contributed by atoms with Gasteiger partial charge >= 0.3 is 6.18 Å². The van der Waals surface area contributed by atoms with E-state index in [1.54, 1.807) is 18.2 Å². The van der Waals surface area contributed by atoms with Crippen LogP contribution in [0.25, 0.3) is 11.1 Å². The van der Waals surface area contributed by atoms with E-state index in [0.29, 0.717) is 16.8 Å². The van der Waals surface area contributed by atoms with Gasteiger partial charge in [0.05, 0.1) is 12.1 Å². The average Bonchev–Trinajstić information content (AvgIpc) is 2.62. The molecule has 138 valence electrons. The summed E-state index contributed by atoms with van der Waals surface area (Å²) in [6, 6.07) is 11.0. The number of nitrogens with zero attached hydrogens (tertiary/aromatic N) is 1. The zero-order valence-corrected chi connectivity index (χ0v) is 13.4. The van der Waals surface area contributed by atoms with Crippen LogP contribution in [0.15, 0.2) is 48.5 Å². The van der Waals surface area contributed by atoms with Gasteiger partial charge in [-0.2, -0.15) is 13.2 Å². The number of hydrogen-bond acceptors (Lipinski definition) is 4. The summed E-state index contributed by atoms with van der Waals surface area (Å²) in [5.41, 5.74) is 0.485. The van der Waals surface area contributed by atoms with Gasteiger partial charge in [0.25, 0.3) is 5.91 Å². The van der Waals surface area contributed by atoms with Crippen LogP contribution in [0.2, 0.25) is 0 Å². The third-order valence-corrected chi connectivity index (χ3v) is 4.31. The van der Waals surface area contributed by atoms with E-state index in [0.717, 1.165) is 17.0 Å². The molecule has 1 saturated heterocycles. The van der Waals surface area contributed by atoms with E-state index < -0.39 is 36.0 Å². The van der Waals surface area contributed by atoms with E-state index in [4.69, 9.17) is 0 Å². The van der Waals surface area contributed by atoms with Crippen LogP contribution in [0.5, 0.6) is 0 Å². The molecule has 1 aliphatic rings. The van der Waals surface area contributed by atoms with E-state index in [2.05, 4.69) is 0 Å². The zero-order chi connectivity index (χ0) is 19.1. The van der Waals surface area contributed by atoms with Crippen LogP contribution in [0, 0.1) is 0 Å². The van der Waals surface area contributed by atoms with Crippen molar-refractivity contribution in [3.63, 3.8) is 0 Å². The Morgan fingerprint density at radius 1 is 0.962 bits per heavy atom. The van der Waals surface area contributed by atoms with Crippen molar-refractivity contribution in [1.29, 1.82) is 0 Å². The van der Waals surface area contributed by atoms with Gasteiger partial charge in [0.2, 0.25) is 0 Å². The second-order valence-electron chi connectivity index (χ2n) is 6.08. The van der Waals surface area contributed by atoms with Gasteiger partial charge in [-0.25, -0.2) is 0 Å². The summed E-state index contributed by atoms with van der Waals surface area (Å²) in [4.78, 5) is 13.2. The Bertz CT molecular complexity index is 807. The molecule has 0 spiro atoms. The fourth-order valence-corrected chi connectivity index (χ4v) is 2.84. The highest BCUT2D eigenvalue weighted by molar-refractivity contribution is 5.98. The SMILES string of the molecule is O=C1[C@H](O)[C@H](O)[C@@H](O)CN1c1ccc(-c2cccc(C(F)(F)F)c2)cc1. The normalized spacial score (nSPS) is 24.0. The van der Waals surface area contributed by atoms with Gasteiger partial charge in [-0.1, -0.05) is 24.3 Å². The average molecular weight is 367 g/mol. The maximum Gasteiger partial charge on any atom is 0.416 e. The number of aliphatic hydroxyl groups excluding tert-OH is 3. The van der Waals surface area contributed by atoms with E-state index in [1.165, 1.54) is 18.2 Å². The molecular weight excluding hydrogens is 351 g/mol. The van der Waals surface area contributed by atoms with E-state index in [-0.39, 0.29) is 6.54 Å². The van der Waals surface area contributed by atoms with Crippen LogP contribution < -0.4 is 4.90 Å². The van der Waals surface area contributed by atoms with Crippen LogP contribution >= 0.6 is 0 Å². The standard InChI is InChI=1S/C18H16F3NO4/c19-18(20,21)12-3-1-2-11(8-12)10-4-6-13(7-5-10)22-9-14(23)15(24)16(25)17(22)26/h1-8,14-16,23-25H,9H2/t14-,15+,16+/m0/s1. The van der Waals surface area contributed by atoms with Crippen LogP contribution in [0.3, 0.4) is 0 Å². The molecule has 0 bridgehead atoms. The Balaban J connectivity index is 1.87. The van der Waals surface area contributed by atoms with Crippen molar-refractivity contribution >= 4 is 11.6 Å². The van der Waals surface area contributed by atoms with Crippen molar-refractivity contribution in [2.75, 3.05) is 11.4 Å². The number of alkyl halides is 3. The van der Waals surface area contributed by atoms with Crippen molar-refractivity contribution < 1.29 is 33.3 Å². The highest BCUT2D eigenvalue weighted by Gasteiger charge is 2.40. The molecule has 2 aromatic carbocycles. The number of piperidine rings is 1. The summed E-state index contributed by atoms with van der Waals surface area (Å²) in [6.07, 6.45) is -9.03. The Hall–Kier alpha value is -2.42. The van der Waals surface area contributed by atoms with Gasteiger partial charge in [-0.3, -0.25) is 4.79 Å². The molecule has 5 nitrogen and oxygen atoms in total. The smallest absolute Gasteiger partial charge is 0.388 e. The lowest BCUT2D eigenvalue weighted by Crippen LogP contribution is -2.59. The molecule has 1 aliphatic heterocycles. The molecule has 1 heterocycles. The van der Waals surface area contributed by atoms with Crippen molar-refractivity contribution in [2.24, 2.45) is 0 Å². The molecule has 2 aromatic rings. The van der Waals surface area contributed by atoms with Crippen LogP contribution in [0.1, 0.15) is 5.56 Å². The highest BCUT2D eigenvalue weighted by Crippen LogP contribution is 2.33. The van der Waals surface area contributed by atoms with Crippen LogP contribution in [-0.4, -0.2) is 46.1 Å². The predicted molar refractivity (Wildman–Crippen MR) is 87.3 cm³/mol. The molecule has 1 fully saturated rings. The second kappa shape index (κ2) is 6.71. The lowest BCUT2D eigenvalue weighted by Gasteiger charge is -2.36. The Morgan fingerprint density at radius 3 is 2.23 bits per heavy atom. The number of benzene rings is 2. The quantitative estimate of drug-likeness (QED) is 0.756. The summed E-state index contributed by atoms with van der Waals surface area (Å²) in [6.45, 7) is -0.194. The molecule has 3 N–H and O–H groups in total. The van der Waals surface area contributed by atoms with Gasteiger partial charge in [-0.05, 0) is 35.4 Å². The van der Waals surface area contributed by atoms with Gasteiger partial charge in [0.1, 0.15) is 12.2 Å². The van der Waals surface area contributed by atoms with Crippen molar-refractivity contribution in [2.45, 2.75) is 24.5 Å². The van der Waals surface area contributed by atoms with Gasteiger partial charge in [-0.15, -0.1) is 0 Å². The largest absolute Gasteiger partial charge is 0.416 e. The fraction of sp³-hybridized carbons (Fsp3) is 0.278. The first kappa shape index (κ1) is 18.4. The number of hydrogen-bond donors (Lipinski definition) is 3. The second-order valence-corrected chi connectivity index (χ2v) is 6.08. The first-order valence-corrected chi connectivity index (χ1v) is 7.82. The molecule has 3 atom stereocenters. The third-order valence-electron chi connectivity index (χ3n) is 4.31. The first-order chi connectivity index (χ1) is 12.2. The minimum absolute atomic E-state index is 0.194. The molecule has 1 amide bonds. The Kier molecular flexibility index (Phi) is 4.74. The van der Waals surface area contributed by atoms with E-state index >= 15 is 0 Å². The molecule has 0 unspecified atom stereocenters. The minimum Gasteiger partial charge on any atom is -0.388 e. The topological polar surface area (TPSA) is 81.0 Å². The summed E-state index contributed by atoms with van der Waals surface area (Å²) in [5, 5.41) is 28.9. The predicted octanol–water partition coefficient (Wildman–Crippen LogP) is 1.80. The number of amides is 1. The number of carbonyl (C=O) groups is 1. The summed E-state index contributed by atoms with van der Waals surface area (Å²) in [7, 11) is 0. The lowest BCUT2D eigenvalue weighted by molar-refractivity contribution is -0.143. The molecule has 0 aromatic heterocycles. The van der Waals surface area contributed by atoms with Gasteiger partial charge in [0.15, 0.2) is 6.10 Å². The number of carbonyl (C=O) groups excluding carboxylic acids is 1. The van der Waals surface area contributed by atoms with Gasteiger partial charge < -0.3 is 20.2 Å². The molecule has 8 heteroatoms. The number of β-amino-alcohol motifs (C(OH)–C–C–N with tert-alkyl or cyclic N) is 1. The van der Waals surface area contributed by atoms with Crippen molar-refractivity contribution in [3.8, 4) is 11.1 Å². The van der Waals surface area contributed by atoms with Crippen LogP contribution in [0.4, 0.5) is 18.9 Å². The summed E-state index contributed by atoms with van der Waals surface area (Å²) >= 11 is 0. The van der Waals surface area contributed by atoms with Crippen molar-refractivity contribution in [3.05, 3.63) is 54.1 Å². The maximum absolute atomic E-state index is 12.8. The Morgan fingerprint density at radius 2 is 1.62 bits per heavy atom. The first-order valence-electron chi connectivity index (χ1n) is 7.82. The van der Waals surface area contributed by atoms with Crippen LogP contribution in [-0.2, 0) is 11.0 Å². The molecule has 0 aliphatic carbocycles. The zero-order valence-electron chi connectivity index (χ0n) is 13.4. The molecule has 0 saturated carbocycles. The minimum atomic E-state index is -4.44. The molecule has 0 radical (unpaired) electrons. The number of rotatable bonds is 2. The maximum atomic E-state index is 12.8. The number of aliphatic hydroxyl groups is 3. The van der Waals surface area contributed by atoms with Crippen molar-refractivity contribution in [1.82, 2.24) is 0 Å². The fourth-order valence-electron chi connectivity index (χ4n) is 2.84. The Labute approximate surface area is 146 Å². The highest BCUT2D eigenvalue weighted by atomic mass is 19.4. The number of anilines is 1. The molecule has 26 heavy (non-hydrogen) atoms. The van der Waals surface area contributed by atoms with E-state index in [1.807, 2.05) is 0 Å². The lowest BCUT2D eigenvalue weighted by atomic mass is 9.99. The van der Waals surface area contributed by atoms with E-state index in [9.17, 15) is 33.3 Å². The monoisotopic (exact) mass is 367 g/mol. The summed E-state index contributed by atoms with van der Waals surface area (Å²) < 4.78 is 38.5. The molecule has 3 rings (SSSR count). The third kappa shape index (κ3) is 3.44. The number of halogens is 3. The molecular formula is C18H16F3NO4. The van der Waals surface area contributed by atoms with Gasteiger partial charge in [0, 0.05) is 5.69 Å². The summed E-state index contributed by atoms with van der Waals surface area (Å²) in [5.74, 6) is -0.755.